The smallest absolute Gasteiger partial charge is 0.265 e. The van der Waals surface area contributed by atoms with Gasteiger partial charge in [-0.1, -0.05) is 23.7 Å². The molecule has 1 fully saturated rings. The van der Waals surface area contributed by atoms with E-state index in [2.05, 4.69) is 21.3 Å². The molecule has 0 unspecified atom stereocenters. The van der Waals surface area contributed by atoms with Gasteiger partial charge in [0.15, 0.2) is 0 Å². The number of benzene rings is 2. The largest absolute Gasteiger partial charge is 0.367 e. The van der Waals surface area contributed by atoms with Crippen LogP contribution in [0, 0.1) is 0 Å². The maximum Gasteiger partial charge on any atom is 0.265 e. The van der Waals surface area contributed by atoms with Crippen molar-refractivity contribution >= 4 is 68.8 Å². The highest BCUT2D eigenvalue weighted by molar-refractivity contribution is 7.18. The van der Waals surface area contributed by atoms with Gasteiger partial charge in [-0.3, -0.25) is 24.1 Å². The molecule has 0 bridgehead atoms. The van der Waals surface area contributed by atoms with Crippen molar-refractivity contribution in [2.75, 3.05) is 42.9 Å². The van der Waals surface area contributed by atoms with Crippen molar-refractivity contribution in [3.05, 3.63) is 81.1 Å². The second kappa shape index (κ2) is 9.62. The molecule has 1 saturated heterocycles. The monoisotopic (exact) mass is 547 g/mol. The Kier molecular flexibility index (Phi) is 6.13. The van der Waals surface area contributed by atoms with E-state index in [9.17, 15) is 19.2 Å². The first kappa shape index (κ1) is 24.2. The van der Waals surface area contributed by atoms with E-state index < -0.39 is 17.7 Å². The number of aromatic amines is 1. The molecule has 0 atom stereocenters. The standard InChI is InChI=1S/C27H22ClN5O4S/c28-22-8-7-21(38-22)25(35)30-19-5-1-3-17-24(19)27(37)33(26(17)36)15-23(34)32-13-11-31(12-14-32)20-6-2-4-18-16(20)9-10-29-18/h1-10,29H,11-15H2,(H,30,35). The van der Waals surface area contributed by atoms with Crippen LogP contribution in [0.3, 0.4) is 0 Å². The third-order valence-corrected chi connectivity index (χ3v) is 8.11. The highest BCUT2D eigenvalue weighted by Crippen LogP contribution is 2.31. The third kappa shape index (κ3) is 4.21. The van der Waals surface area contributed by atoms with Crippen LogP contribution >= 0.6 is 22.9 Å². The summed E-state index contributed by atoms with van der Waals surface area (Å²) in [6, 6.07) is 16.0. The van der Waals surface area contributed by atoms with E-state index >= 15 is 0 Å². The summed E-state index contributed by atoms with van der Waals surface area (Å²) in [5, 5.41) is 3.83. The summed E-state index contributed by atoms with van der Waals surface area (Å²) in [4.78, 5) is 60.6. The predicted molar refractivity (Wildman–Crippen MR) is 146 cm³/mol. The van der Waals surface area contributed by atoms with Crippen LogP contribution in [0.5, 0.6) is 0 Å². The maximum atomic E-state index is 13.3. The highest BCUT2D eigenvalue weighted by Gasteiger charge is 2.39. The third-order valence-electron chi connectivity index (χ3n) is 6.88. The van der Waals surface area contributed by atoms with Gasteiger partial charge in [-0.2, -0.15) is 0 Å². The van der Waals surface area contributed by atoms with Crippen LogP contribution in [-0.2, 0) is 4.79 Å². The molecule has 0 aliphatic carbocycles. The molecule has 4 amide bonds. The lowest BCUT2D eigenvalue weighted by Gasteiger charge is -2.36. The van der Waals surface area contributed by atoms with Crippen LogP contribution in [0.25, 0.3) is 10.9 Å². The fourth-order valence-corrected chi connectivity index (χ4v) is 5.92. The van der Waals surface area contributed by atoms with E-state index in [1.807, 2.05) is 24.4 Å². The van der Waals surface area contributed by atoms with Crippen molar-refractivity contribution in [3.63, 3.8) is 0 Å². The van der Waals surface area contributed by atoms with Crippen LogP contribution in [0.15, 0.2) is 60.8 Å². The molecule has 2 aromatic carbocycles. The van der Waals surface area contributed by atoms with E-state index in [4.69, 9.17) is 11.6 Å². The van der Waals surface area contributed by atoms with Gasteiger partial charge in [0.25, 0.3) is 17.7 Å². The lowest BCUT2D eigenvalue weighted by Crippen LogP contribution is -2.52. The molecule has 192 valence electrons. The minimum atomic E-state index is -0.601. The van der Waals surface area contributed by atoms with E-state index in [0.717, 1.165) is 32.8 Å². The van der Waals surface area contributed by atoms with Gasteiger partial charge in [-0.15, -0.1) is 11.3 Å². The number of rotatable bonds is 5. The Hall–Kier alpha value is -4.15. The summed E-state index contributed by atoms with van der Waals surface area (Å²) in [6.45, 7) is 1.89. The second-order valence-electron chi connectivity index (χ2n) is 9.07. The first-order valence-corrected chi connectivity index (χ1v) is 13.2. The summed E-state index contributed by atoms with van der Waals surface area (Å²) < 4.78 is 0.465. The topological polar surface area (TPSA) is 106 Å². The van der Waals surface area contributed by atoms with Crippen molar-refractivity contribution in [3.8, 4) is 0 Å². The number of piperazine rings is 1. The zero-order valence-corrected chi connectivity index (χ0v) is 21.6. The molecule has 0 saturated carbocycles. The number of H-pyrrole nitrogens is 1. The number of hydrogen-bond donors (Lipinski definition) is 2. The summed E-state index contributed by atoms with van der Waals surface area (Å²) >= 11 is 7.04. The molecule has 2 aliphatic heterocycles. The fourth-order valence-electron chi connectivity index (χ4n) is 4.98. The number of anilines is 2. The summed E-state index contributed by atoms with van der Waals surface area (Å²) in [7, 11) is 0. The number of thiophene rings is 1. The van der Waals surface area contributed by atoms with Crippen molar-refractivity contribution in [2.45, 2.75) is 0 Å². The zero-order chi connectivity index (χ0) is 26.4. The van der Waals surface area contributed by atoms with E-state index in [1.165, 1.54) is 6.07 Å². The molecule has 11 heteroatoms. The number of fused-ring (bicyclic) bond motifs is 2. The molecule has 2 N–H and O–H groups in total. The molecule has 2 aromatic heterocycles. The van der Waals surface area contributed by atoms with Gasteiger partial charge >= 0.3 is 0 Å². The van der Waals surface area contributed by atoms with Gasteiger partial charge in [0.2, 0.25) is 5.91 Å². The molecule has 6 rings (SSSR count). The predicted octanol–water partition coefficient (Wildman–Crippen LogP) is 4.08. The molecular weight excluding hydrogens is 526 g/mol. The van der Waals surface area contributed by atoms with Crippen molar-refractivity contribution in [1.82, 2.24) is 14.8 Å². The first-order valence-electron chi connectivity index (χ1n) is 12.1. The molecule has 0 spiro atoms. The quantitative estimate of drug-likeness (QED) is 0.366. The van der Waals surface area contributed by atoms with Gasteiger partial charge in [-0.05, 0) is 42.5 Å². The Labute approximate surface area is 226 Å². The summed E-state index contributed by atoms with van der Waals surface area (Å²) in [6.07, 6.45) is 1.91. The molecular formula is C27H22ClN5O4S. The van der Waals surface area contributed by atoms with Crippen molar-refractivity contribution in [2.24, 2.45) is 0 Å². The molecule has 4 aromatic rings. The Morgan fingerprint density at radius 3 is 2.50 bits per heavy atom. The number of imide groups is 1. The molecule has 9 nitrogen and oxygen atoms in total. The van der Waals surface area contributed by atoms with E-state index in [0.29, 0.717) is 35.4 Å². The summed E-state index contributed by atoms with van der Waals surface area (Å²) in [5.74, 6) is -1.88. The molecule has 0 radical (unpaired) electrons. The van der Waals surface area contributed by atoms with E-state index in [-0.39, 0.29) is 29.3 Å². The van der Waals surface area contributed by atoms with E-state index in [1.54, 1.807) is 29.2 Å². The number of aromatic nitrogens is 1. The van der Waals surface area contributed by atoms with Gasteiger partial charge < -0.3 is 20.1 Å². The van der Waals surface area contributed by atoms with Crippen LogP contribution in [0.1, 0.15) is 30.4 Å². The fraction of sp³-hybridized carbons (Fsp3) is 0.185. The maximum absolute atomic E-state index is 13.3. The number of carbonyl (C=O) groups is 4. The SMILES string of the molecule is O=C(Nc1cccc2c1C(=O)N(CC(=O)N1CCN(c3cccc4[nH]ccc34)CC1)C2=O)c1ccc(Cl)s1. The van der Waals surface area contributed by atoms with Gasteiger partial charge in [0, 0.05) is 49.0 Å². The number of hydrogen-bond acceptors (Lipinski definition) is 6. The minimum absolute atomic E-state index is 0.0886. The Morgan fingerprint density at radius 1 is 0.947 bits per heavy atom. The minimum Gasteiger partial charge on any atom is -0.367 e. The molecule has 4 heterocycles. The Morgan fingerprint density at radius 2 is 1.74 bits per heavy atom. The van der Waals surface area contributed by atoms with Gasteiger partial charge in [-0.25, -0.2) is 0 Å². The molecule has 2 aliphatic rings. The number of nitrogens with one attached hydrogen (secondary N) is 2. The number of amides is 4. The first-order chi connectivity index (χ1) is 18.4. The number of halogens is 1. The van der Waals surface area contributed by atoms with Gasteiger partial charge in [0.05, 0.1) is 26.0 Å². The normalized spacial score (nSPS) is 15.3. The number of nitrogens with zero attached hydrogens (tertiary/aromatic N) is 3. The van der Waals surface area contributed by atoms with Crippen LogP contribution in [-0.4, -0.2) is 71.1 Å². The molecule has 38 heavy (non-hydrogen) atoms. The van der Waals surface area contributed by atoms with Gasteiger partial charge in [0.1, 0.15) is 6.54 Å². The lowest BCUT2D eigenvalue weighted by atomic mass is 10.1. The zero-order valence-electron chi connectivity index (χ0n) is 20.1. The van der Waals surface area contributed by atoms with Crippen LogP contribution in [0.2, 0.25) is 4.34 Å². The number of carbonyl (C=O) groups excluding carboxylic acids is 4. The lowest BCUT2D eigenvalue weighted by molar-refractivity contribution is -0.131. The second-order valence-corrected chi connectivity index (χ2v) is 10.8. The average Bonchev–Trinajstić information content (AvgIpc) is 3.64. The Balaban J connectivity index is 1.13. The summed E-state index contributed by atoms with van der Waals surface area (Å²) in [5.41, 5.74) is 2.63. The Bertz CT molecular complexity index is 1600. The average molecular weight is 548 g/mol. The van der Waals surface area contributed by atoms with Crippen LogP contribution < -0.4 is 10.2 Å². The highest BCUT2D eigenvalue weighted by atomic mass is 35.5. The van der Waals surface area contributed by atoms with Crippen molar-refractivity contribution in [1.29, 1.82) is 0 Å². The van der Waals surface area contributed by atoms with Crippen molar-refractivity contribution < 1.29 is 19.2 Å². The van der Waals surface area contributed by atoms with Crippen LogP contribution in [0.4, 0.5) is 11.4 Å².